The molecule has 5 nitrogen and oxygen atoms in total. The summed E-state index contributed by atoms with van der Waals surface area (Å²) in [5.41, 5.74) is 2.18. The Bertz CT molecular complexity index is 758. The molecule has 130 valence electrons. The van der Waals surface area contributed by atoms with Gasteiger partial charge in [0.05, 0.1) is 0 Å². The largest absolute Gasteiger partial charge is 0.338 e. The van der Waals surface area contributed by atoms with Gasteiger partial charge in [-0.25, -0.2) is 9.18 Å². The first-order chi connectivity index (χ1) is 12.1. The number of halogens is 1. The fraction of sp³-hybridized carbons (Fsp3) is 0.263. The van der Waals surface area contributed by atoms with Crippen molar-refractivity contribution >= 4 is 23.3 Å². The lowest BCUT2D eigenvalue weighted by Crippen LogP contribution is -2.30. The number of amides is 3. The molecule has 0 unspecified atom stereocenters. The Hall–Kier alpha value is -2.89. The molecule has 0 bridgehead atoms. The zero-order valence-corrected chi connectivity index (χ0v) is 13.7. The third kappa shape index (κ3) is 5.31. The van der Waals surface area contributed by atoms with Crippen LogP contribution in [-0.4, -0.2) is 18.5 Å². The van der Waals surface area contributed by atoms with Crippen molar-refractivity contribution in [3.05, 3.63) is 59.9 Å². The van der Waals surface area contributed by atoms with Crippen LogP contribution in [0.4, 0.5) is 20.6 Å². The maximum absolute atomic E-state index is 13.1. The first-order valence-corrected chi connectivity index (χ1v) is 8.30. The van der Waals surface area contributed by atoms with Crippen molar-refractivity contribution in [2.45, 2.75) is 19.3 Å². The number of carbonyl (C=O) groups is 2. The first-order valence-electron chi connectivity index (χ1n) is 8.30. The van der Waals surface area contributed by atoms with E-state index in [1.54, 1.807) is 30.3 Å². The van der Waals surface area contributed by atoms with Gasteiger partial charge >= 0.3 is 6.03 Å². The Balaban J connectivity index is 1.42. The first kappa shape index (κ1) is 17.0. The highest BCUT2D eigenvalue weighted by Crippen LogP contribution is 2.30. The van der Waals surface area contributed by atoms with E-state index in [0.717, 1.165) is 18.4 Å². The van der Waals surface area contributed by atoms with Gasteiger partial charge in [0.15, 0.2) is 0 Å². The predicted octanol–water partition coefficient (Wildman–Crippen LogP) is 3.54. The summed E-state index contributed by atoms with van der Waals surface area (Å²) >= 11 is 0. The van der Waals surface area contributed by atoms with E-state index < -0.39 is 0 Å². The molecule has 3 N–H and O–H groups in total. The zero-order chi connectivity index (χ0) is 17.6. The molecule has 0 spiro atoms. The highest BCUT2D eigenvalue weighted by atomic mass is 19.1. The van der Waals surface area contributed by atoms with Crippen LogP contribution in [0.25, 0.3) is 0 Å². The van der Waals surface area contributed by atoms with Crippen LogP contribution in [-0.2, 0) is 11.2 Å². The van der Waals surface area contributed by atoms with Gasteiger partial charge in [-0.15, -0.1) is 0 Å². The molecule has 0 heterocycles. The number of urea groups is 1. The second-order valence-electron chi connectivity index (χ2n) is 6.10. The van der Waals surface area contributed by atoms with Crippen molar-refractivity contribution < 1.29 is 14.0 Å². The Labute approximate surface area is 145 Å². The summed E-state index contributed by atoms with van der Waals surface area (Å²) in [5, 5.41) is 8.29. The zero-order valence-electron chi connectivity index (χ0n) is 13.7. The molecule has 3 amide bonds. The normalized spacial score (nSPS) is 13.2. The second kappa shape index (κ2) is 7.79. The number of hydrogen-bond acceptors (Lipinski definition) is 2. The van der Waals surface area contributed by atoms with E-state index in [0.29, 0.717) is 24.3 Å². The van der Waals surface area contributed by atoms with Gasteiger partial charge in [-0.1, -0.05) is 12.1 Å². The summed E-state index contributed by atoms with van der Waals surface area (Å²) in [6.07, 6.45) is 2.47. The maximum Gasteiger partial charge on any atom is 0.319 e. The van der Waals surface area contributed by atoms with E-state index in [9.17, 15) is 14.0 Å². The number of nitrogens with one attached hydrogen (secondary N) is 3. The van der Waals surface area contributed by atoms with Crippen LogP contribution in [0, 0.1) is 11.7 Å². The molecule has 25 heavy (non-hydrogen) atoms. The fourth-order valence-electron chi connectivity index (χ4n) is 2.41. The van der Waals surface area contributed by atoms with Gasteiger partial charge in [-0.2, -0.15) is 0 Å². The van der Waals surface area contributed by atoms with Gasteiger partial charge in [0, 0.05) is 23.8 Å². The number of carbonyl (C=O) groups excluding carboxylic acids is 2. The average molecular weight is 341 g/mol. The molecule has 0 saturated heterocycles. The average Bonchev–Trinajstić information content (AvgIpc) is 3.42. The molecule has 3 rings (SSSR count). The SMILES string of the molecule is O=C(NCCc1cccc(F)c1)Nc1ccc(NC(=O)C2CC2)cc1. The Morgan fingerprint density at radius 2 is 1.68 bits per heavy atom. The van der Waals surface area contributed by atoms with Crippen molar-refractivity contribution in [2.24, 2.45) is 5.92 Å². The van der Waals surface area contributed by atoms with Crippen LogP contribution in [0.2, 0.25) is 0 Å². The van der Waals surface area contributed by atoms with Crippen LogP contribution in [0.3, 0.4) is 0 Å². The van der Waals surface area contributed by atoms with Gasteiger partial charge in [-0.3, -0.25) is 4.79 Å². The summed E-state index contributed by atoms with van der Waals surface area (Å²) < 4.78 is 13.1. The molecule has 0 aliphatic heterocycles. The molecular formula is C19H20FN3O2. The van der Waals surface area contributed by atoms with Crippen molar-refractivity contribution in [1.29, 1.82) is 0 Å². The molecule has 6 heteroatoms. The van der Waals surface area contributed by atoms with E-state index in [1.165, 1.54) is 12.1 Å². The third-order valence-corrected chi connectivity index (χ3v) is 3.95. The minimum Gasteiger partial charge on any atom is -0.338 e. The quantitative estimate of drug-likeness (QED) is 0.752. The second-order valence-corrected chi connectivity index (χ2v) is 6.10. The van der Waals surface area contributed by atoms with E-state index in [2.05, 4.69) is 16.0 Å². The summed E-state index contributed by atoms with van der Waals surface area (Å²) in [5.74, 6) is -0.0757. The van der Waals surface area contributed by atoms with Crippen LogP contribution < -0.4 is 16.0 Å². The molecule has 1 saturated carbocycles. The molecule has 1 aliphatic carbocycles. The smallest absolute Gasteiger partial charge is 0.319 e. The maximum atomic E-state index is 13.1. The Morgan fingerprint density at radius 1 is 1.00 bits per heavy atom. The number of benzene rings is 2. The topological polar surface area (TPSA) is 70.2 Å². The lowest BCUT2D eigenvalue weighted by molar-refractivity contribution is -0.117. The molecule has 1 fully saturated rings. The van der Waals surface area contributed by atoms with Crippen LogP contribution in [0.1, 0.15) is 18.4 Å². The summed E-state index contributed by atoms with van der Waals surface area (Å²) in [6, 6.07) is 12.9. The van der Waals surface area contributed by atoms with Gasteiger partial charge in [-0.05, 0) is 61.2 Å². The van der Waals surface area contributed by atoms with Crippen molar-refractivity contribution in [2.75, 3.05) is 17.2 Å². The van der Waals surface area contributed by atoms with E-state index >= 15 is 0 Å². The highest BCUT2D eigenvalue weighted by Gasteiger charge is 2.29. The standard InChI is InChI=1S/C19H20FN3O2/c20-15-3-1-2-13(12-15)10-11-21-19(25)23-17-8-6-16(7-9-17)22-18(24)14-4-5-14/h1-3,6-9,12,14H,4-5,10-11H2,(H,22,24)(H2,21,23,25). The lowest BCUT2D eigenvalue weighted by atomic mass is 10.1. The highest BCUT2D eigenvalue weighted by molar-refractivity contribution is 5.94. The van der Waals surface area contributed by atoms with E-state index in [1.807, 2.05) is 6.07 Å². The number of hydrogen-bond donors (Lipinski definition) is 3. The molecule has 2 aromatic carbocycles. The molecule has 0 atom stereocenters. The summed E-state index contributed by atoms with van der Waals surface area (Å²) in [6.45, 7) is 0.408. The molecule has 0 aromatic heterocycles. The van der Waals surface area contributed by atoms with Crippen LogP contribution in [0.15, 0.2) is 48.5 Å². The molecule has 1 aliphatic rings. The van der Waals surface area contributed by atoms with E-state index in [4.69, 9.17) is 0 Å². The monoisotopic (exact) mass is 341 g/mol. The summed E-state index contributed by atoms with van der Waals surface area (Å²) in [4.78, 5) is 23.5. The number of anilines is 2. The molecular weight excluding hydrogens is 321 g/mol. The van der Waals surface area contributed by atoms with Gasteiger partial charge < -0.3 is 16.0 Å². The number of rotatable bonds is 6. The minimum atomic E-state index is -0.328. The summed E-state index contributed by atoms with van der Waals surface area (Å²) in [7, 11) is 0. The van der Waals surface area contributed by atoms with Crippen molar-refractivity contribution in [3.8, 4) is 0 Å². The van der Waals surface area contributed by atoms with Gasteiger partial charge in [0.2, 0.25) is 5.91 Å². The molecule has 2 aromatic rings. The van der Waals surface area contributed by atoms with Crippen molar-refractivity contribution in [1.82, 2.24) is 5.32 Å². The third-order valence-electron chi connectivity index (χ3n) is 3.95. The Morgan fingerprint density at radius 3 is 2.32 bits per heavy atom. The van der Waals surface area contributed by atoms with E-state index in [-0.39, 0.29) is 23.7 Å². The van der Waals surface area contributed by atoms with Gasteiger partial charge in [0.1, 0.15) is 5.82 Å². The van der Waals surface area contributed by atoms with Crippen molar-refractivity contribution in [3.63, 3.8) is 0 Å². The lowest BCUT2D eigenvalue weighted by Gasteiger charge is -2.09. The fourth-order valence-corrected chi connectivity index (χ4v) is 2.41. The predicted molar refractivity (Wildman–Crippen MR) is 94.9 cm³/mol. The minimum absolute atomic E-state index is 0.0517. The Kier molecular flexibility index (Phi) is 5.28. The van der Waals surface area contributed by atoms with Crippen LogP contribution >= 0.6 is 0 Å². The molecule has 0 radical (unpaired) electrons. The van der Waals surface area contributed by atoms with Gasteiger partial charge in [0.25, 0.3) is 0 Å². The van der Waals surface area contributed by atoms with Crippen LogP contribution in [0.5, 0.6) is 0 Å².